The number of hydrogen-bond acceptors (Lipinski definition) is 2. The fraction of sp³-hybridized carbons (Fsp3) is 0.333. The van der Waals surface area contributed by atoms with Crippen molar-refractivity contribution in [3.8, 4) is 6.07 Å². The summed E-state index contributed by atoms with van der Waals surface area (Å²) in [6, 6.07) is 9.94. The quantitative estimate of drug-likeness (QED) is 0.841. The molecule has 0 aliphatic carbocycles. The highest BCUT2D eigenvalue weighted by Gasteiger charge is 2.25. The second kappa shape index (κ2) is 5.17. The number of nitrogens with zero attached hydrogens (tertiary/aromatic N) is 2. The van der Waals surface area contributed by atoms with Gasteiger partial charge in [0, 0.05) is 6.04 Å². The van der Waals surface area contributed by atoms with Crippen molar-refractivity contribution in [2.45, 2.75) is 25.9 Å². The highest BCUT2D eigenvalue weighted by Crippen LogP contribution is 2.21. The van der Waals surface area contributed by atoms with E-state index in [9.17, 15) is 4.79 Å². The van der Waals surface area contributed by atoms with Crippen LogP contribution in [-0.2, 0) is 0 Å². The second-order valence-electron chi connectivity index (χ2n) is 3.78. The lowest BCUT2D eigenvalue weighted by Gasteiger charge is -2.29. The van der Waals surface area contributed by atoms with E-state index in [0.29, 0.717) is 0 Å². The Balaban J connectivity index is 3.07. The Hall–Kier alpha value is -2.02. The summed E-state index contributed by atoms with van der Waals surface area (Å²) in [7, 11) is 0. The molecule has 0 spiro atoms. The Kier molecular flexibility index (Phi) is 3.90. The number of nitrogens with two attached hydrogens (primary N) is 1. The lowest BCUT2D eigenvalue weighted by atomic mass is 10.1. The molecule has 0 aromatic heterocycles. The highest BCUT2D eigenvalue weighted by atomic mass is 16.2. The van der Waals surface area contributed by atoms with Crippen LogP contribution in [0.25, 0.3) is 0 Å². The Morgan fingerprint density at radius 2 is 1.94 bits per heavy atom. The van der Waals surface area contributed by atoms with Crippen molar-refractivity contribution < 1.29 is 4.79 Å². The van der Waals surface area contributed by atoms with Gasteiger partial charge < -0.3 is 10.6 Å². The van der Waals surface area contributed by atoms with Crippen LogP contribution in [-0.4, -0.2) is 17.0 Å². The first kappa shape index (κ1) is 12.1. The number of amides is 2. The summed E-state index contributed by atoms with van der Waals surface area (Å²) >= 11 is 0. The van der Waals surface area contributed by atoms with Gasteiger partial charge in [-0.1, -0.05) is 30.3 Å². The summed E-state index contributed by atoms with van der Waals surface area (Å²) in [5.74, 6) is 0. The van der Waals surface area contributed by atoms with Crippen molar-refractivity contribution >= 4 is 6.03 Å². The van der Waals surface area contributed by atoms with Gasteiger partial charge in [-0.2, -0.15) is 5.26 Å². The summed E-state index contributed by atoms with van der Waals surface area (Å²) in [6.45, 7) is 3.66. The van der Waals surface area contributed by atoms with Gasteiger partial charge in [-0.05, 0) is 19.4 Å². The number of nitriles is 1. The minimum atomic E-state index is -0.626. The van der Waals surface area contributed by atoms with E-state index in [2.05, 4.69) is 6.07 Å². The standard InChI is InChI=1S/C12H15N3O/c1-9(2)15(12(14)16)11(8-13)10-6-4-3-5-7-10/h3-7,9,11H,1-2H3,(H2,14,16). The van der Waals surface area contributed by atoms with Gasteiger partial charge in [-0.15, -0.1) is 0 Å². The largest absolute Gasteiger partial charge is 0.351 e. The monoisotopic (exact) mass is 217 g/mol. The molecule has 2 amide bonds. The Morgan fingerprint density at radius 1 is 1.38 bits per heavy atom. The molecule has 16 heavy (non-hydrogen) atoms. The summed E-state index contributed by atoms with van der Waals surface area (Å²) in [6.07, 6.45) is 0. The molecular weight excluding hydrogens is 202 g/mol. The molecule has 1 atom stereocenters. The van der Waals surface area contributed by atoms with Gasteiger partial charge in [0.05, 0.1) is 6.07 Å². The molecule has 0 saturated heterocycles. The molecule has 1 rings (SSSR count). The molecule has 1 unspecified atom stereocenters. The van der Waals surface area contributed by atoms with Crippen LogP contribution in [0, 0.1) is 11.3 Å². The van der Waals surface area contributed by atoms with Gasteiger partial charge in [-0.25, -0.2) is 4.79 Å². The van der Waals surface area contributed by atoms with Gasteiger partial charge in [0.25, 0.3) is 0 Å². The van der Waals surface area contributed by atoms with Gasteiger partial charge in [0.2, 0.25) is 0 Å². The zero-order valence-electron chi connectivity index (χ0n) is 9.42. The highest BCUT2D eigenvalue weighted by molar-refractivity contribution is 5.73. The number of rotatable bonds is 3. The van der Waals surface area contributed by atoms with Crippen molar-refractivity contribution in [1.29, 1.82) is 5.26 Å². The van der Waals surface area contributed by atoms with E-state index in [1.54, 1.807) is 0 Å². The molecule has 84 valence electrons. The van der Waals surface area contributed by atoms with Crippen LogP contribution < -0.4 is 5.73 Å². The molecule has 0 aliphatic heterocycles. The molecule has 0 heterocycles. The maximum Gasteiger partial charge on any atom is 0.316 e. The average Bonchev–Trinajstić information content (AvgIpc) is 2.25. The number of hydrogen-bond donors (Lipinski definition) is 1. The zero-order valence-corrected chi connectivity index (χ0v) is 9.42. The molecule has 4 nitrogen and oxygen atoms in total. The summed E-state index contributed by atoms with van der Waals surface area (Å²) in [4.78, 5) is 12.7. The fourth-order valence-corrected chi connectivity index (χ4v) is 1.61. The van der Waals surface area contributed by atoms with E-state index in [-0.39, 0.29) is 6.04 Å². The van der Waals surface area contributed by atoms with E-state index >= 15 is 0 Å². The molecule has 4 heteroatoms. The number of primary amides is 1. The first-order chi connectivity index (χ1) is 7.57. The molecule has 1 aromatic carbocycles. The first-order valence-corrected chi connectivity index (χ1v) is 5.10. The Labute approximate surface area is 95.3 Å². The topological polar surface area (TPSA) is 70.1 Å². The predicted octanol–water partition coefficient (Wildman–Crippen LogP) is 2.04. The third-order valence-corrected chi connectivity index (χ3v) is 2.33. The average molecular weight is 217 g/mol. The smallest absolute Gasteiger partial charge is 0.316 e. The van der Waals surface area contributed by atoms with Crippen LogP contribution in [0.5, 0.6) is 0 Å². The maximum absolute atomic E-state index is 11.3. The van der Waals surface area contributed by atoms with Gasteiger partial charge >= 0.3 is 6.03 Å². The maximum atomic E-state index is 11.3. The first-order valence-electron chi connectivity index (χ1n) is 5.10. The molecule has 0 aliphatic rings. The van der Waals surface area contributed by atoms with Crippen LogP contribution in [0.15, 0.2) is 30.3 Å². The third-order valence-electron chi connectivity index (χ3n) is 2.33. The van der Waals surface area contributed by atoms with Gasteiger partial charge in [0.15, 0.2) is 0 Å². The lowest BCUT2D eigenvalue weighted by molar-refractivity contribution is 0.179. The van der Waals surface area contributed by atoms with Crippen molar-refractivity contribution in [2.75, 3.05) is 0 Å². The number of carbonyl (C=O) groups is 1. The van der Waals surface area contributed by atoms with Crippen LogP contribution in [0.2, 0.25) is 0 Å². The number of benzene rings is 1. The Morgan fingerprint density at radius 3 is 2.31 bits per heavy atom. The van der Waals surface area contributed by atoms with Crippen LogP contribution in [0.1, 0.15) is 25.5 Å². The van der Waals surface area contributed by atoms with E-state index in [1.807, 2.05) is 44.2 Å². The van der Waals surface area contributed by atoms with Gasteiger partial charge in [-0.3, -0.25) is 0 Å². The molecule has 0 saturated carbocycles. The molecule has 0 fully saturated rings. The van der Waals surface area contributed by atoms with Crippen molar-refractivity contribution in [3.05, 3.63) is 35.9 Å². The molecular formula is C12H15N3O. The van der Waals surface area contributed by atoms with E-state index in [0.717, 1.165) is 5.56 Å². The molecule has 1 aromatic rings. The van der Waals surface area contributed by atoms with Crippen LogP contribution in [0.4, 0.5) is 4.79 Å². The minimum Gasteiger partial charge on any atom is -0.351 e. The van der Waals surface area contributed by atoms with E-state index in [1.165, 1.54) is 4.90 Å². The second-order valence-corrected chi connectivity index (χ2v) is 3.78. The van der Waals surface area contributed by atoms with Crippen molar-refractivity contribution in [2.24, 2.45) is 5.73 Å². The fourth-order valence-electron chi connectivity index (χ4n) is 1.61. The summed E-state index contributed by atoms with van der Waals surface area (Å²) in [5, 5.41) is 9.15. The molecule has 2 N–H and O–H groups in total. The van der Waals surface area contributed by atoms with E-state index < -0.39 is 12.1 Å². The Bertz CT molecular complexity index is 394. The van der Waals surface area contributed by atoms with E-state index in [4.69, 9.17) is 11.0 Å². The molecule has 0 bridgehead atoms. The number of carbonyl (C=O) groups excluding carboxylic acids is 1. The van der Waals surface area contributed by atoms with Crippen molar-refractivity contribution in [3.63, 3.8) is 0 Å². The summed E-state index contributed by atoms with van der Waals surface area (Å²) < 4.78 is 0. The lowest BCUT2D eigenvalue weighted by Crippen LogP contribution is -2.42. The SMILES string of the molecule is CC(C)N(C(N)=O)C(C#N)c1ccccc1. The summed E-state index contributed by atoms with van der Waals surface area (Å²) in [5.41, 5.74) is 6.06. The predicted molar refractivity (Wildman–Crippen MR) is 61.4 cm³/mol. The van der Waals surface area contributed by atoms with Crippen molar-refractivity contribution in [1.82, 2.24) is 4.90 Å². The minimum absolute atomic E-state index is 0.109. The zero-order chi connectivity index (χ0) is 12.1. The van der Waals surface area contributed by atoms with Gasteiger partial charge in [0.1, 0.15) is 6.04 Å². The molecule has 0 radical (unpaired) electrons. The normalized spacial score (nSPS) is 11.9. The van der Waals surface area contributed by atoms with Crippen LogP contribution in [0.3, 0.4) is 0 Å². The number of urea groups is 1. The third kappa shape index (κ3) is 2.51. The van der Waals surface area contributed by atoms with Crippen LogP contribution >= 0.6 is 0 Å².